The zero-order valence-corrected chi connectivity index (χ0v) is 22.1. The number of ether oxygens (including phenoxy) is 3. The number of amides is 1. The number of pyridine rings is 1. The second-order valence-electron chi connectivity index (χ2n) is 10.5. The fraction of sp³-hybridized carbons (Fsp3) is 0.481. The van der Waals surface area contributed by atoms with Crippen LogP contribution in [0.15, 0.2) is 40.9 Å². The van der Waals surface area contributed by atoms with E-state index in [2.05, 4.69) is 14.7 Å². The van der Waals surface area contributed by atoms with Crippen molar-refractivity contribution < 1.29 is 37.0 Å². The summed E-state index contributed by atoms with van der Waals surface area (Å²) in [4.78, 5) is 37.2. The molecule has 0 radical (unpaired) electrons. The normalized spacial score (nSPS) is 19.3. The van der Waals surface area contributed by atoms with Crippen LogP contribution in [0.3, 0.4) is 0 Å². The summed E-state index contributed by atoms with van der Waals surface area (Å²) in [6.45, 7) is 7.53. The van der Waals surface area contributed by atoms with Gasteiger partial charge in [-0.1, -0.05) is 6.07 Å². The largest absolute Gasteiger partial charge is 0.502 e. The van der Waals surface area contributed by atoms with Gasteiger partial charge in [0.15, 0.2) is 16.8 Å². The van der Waals surface area contributed by atoms with Gasteiger partial charge in [0.2, 0.25) is 0 Å². The van der Waals surface area contributed by atoms with E-state index in [1.807, 2.05) is 25.7 Å². The minimum atomic E-state index is -4.23. The molecule has 10 nitrogen and oxygen atoms in total. The number of carbonyl (C=O) groups excluding carboxylic acids is 2. The Morgan fingerprint density at radius 1 is 1.10 bits per heavy atom. The zero-order chi connectivity index (χ0) is 27.9. The Kier molecular flexibility index (Phi) is 6.81. The number of hydrogen-bond donors (Lipinski definition) is 0. The number of halogens is 2. The second kappa shape index (κ2) is 9.97. The van der Waals surface area contributed by atoms with Gasteiger partial charge < -0.3 is 23.5 Å². The summed E-state index contributed by atoms with van der Waals surface area (Å²) in [6, 6.07) is 8.09. The van der Waals surface area contributed by atoms with Crippen LogP contribution in [0.5, 0.6) is 5.75 Å². The quantitative estimate of drug-likeness (QED) is 0.396. The van der Waals surface area contributed by atoms with Gasteiger partial charge in [-0.2, -0.15) is 13.8 Å². The van der Waals surface area contributed by atoms with Crippen LogP contribution >= 0.6 is 0 Å². The van der Waals surface area contributed by atoms with Gasteiger partial charge in [0.1, 0.15) is 5.60 Å². The molecule has 2 aromatic heterocycles. The molecule has 12 heteroatoms. The molecule has 0 saturated carbocycles. The van der Waals surface area contributed by atoms with Crippen molar-refractivity contribution in [3.63, 3.8) is 0 Å². The summed E-state index contributed by atoms with van der Waals surface area (Å²) < 4.78 is 50.1. The first kappa shape index (κ1) is 26.6. The van der Waals surface area contributed by atoms with Crippen LogP contribution in [0.25, 0.3) is 22.4 Å². The van der Waals surface area contributed by atoms with Crippen molar-refractivity contribution in [1.82, 2.24) is 14.9 Å². The number of benzene rings is 1. The van der Waals surface area contributed by atoms with Crippen molar-refractivity contribution in [2.75, 3.05) is 24.6 Å². The third-order valence-corrected chi connectivity index (χ3v) is 6.54. The van der Waals surface area contributed by atoms with E-state index in [1.54, 1.807) is 29.3 Å². The van der Waals surface area contributed by atoms with Crippen LogP contribution in [0.4, 0.5) is 19.6 Å². The van der Waals surface area contributed by atoms with Crippen molar-refractivity contribution in [2.24, 2.45) is 0 Å². The van der Waals surface area contributed by atoms with Gasteiger partial charge in [0, 0.05) is 24.8 Å². The number of oxazole rings is 1. The Morgan fingerprint density at radius 3 is 2.44 bits per heavy atom. The molecule has 5 rings (SSSR count). The number of anilines is 1. The monoisotopic (exact) mass is 544 g/mol. The van der Waals surface area contributed by atoms with E-state index in [-0.39, 0.29) is 47.6 Å². The molecule has 2 aliphatic heterocycles. The van der Waals surface area contributed by atoms with Gasteiger partial charge in [-0.25, -0.2) is 9.59 Å². The molecule has 2 atom stereocenters. The molecule has 0 N–H and O–H groups in total. The van der Waals surface area contributed by atoms with Crippen molar-refractivity contribution in [2.45, 2.75) is 64.3 Å². The summed E-state index contributed by atoms with van der Waals surface area (Å²) in [6.07, 6.45) is -1.40. The molecule has 2 unspecified atom stereocenters. The van der Waals surface area contributed by atoms with E-state index in [0.717, 1.165) is 12.8 Å². The molecular formula is C27H30F2N4O6. The van der Waals surface area contributed by atoms with E-state index in [4.69, 9.17) is 13.9 Å². The third kappa shape index (κ3) is 5.32. The van der Waals surface area contributed by atoms with Gasteiger partial charge >= 0.3 is 18.2 Å². The van der Waals surface area contributed by atoms with Gasteiger partial charge in [0.25, 0.3) is 6.01 Å². The fourth-order valence-electron chi connectivity index (χ4n) is 4.98. The molecule has 2 fully saturated rings. The highest BCUT2D eigenvalue weighted by atomic mass is 19.3. The Bertz CT molecular complexity index is 1360. The summed E-state index contributed by atoms with van der Waals surface area (Å²) in [5.41, 5.74) is 0.648. The lowest BCUT2D eigenvalue weighted by atomic mass is 10.1. The van der Waals surface area contributed by atoms with Crippen molar-refractivity contribution >= 4 is 29.2 Å². The minimum Gasteiger partial charge on any atom is -0.459 e. The molecule has 39 heavy (non-hydrogen) atoms. The van der Waals surface area contributed by atoms with Crippen LogP contribution in [0.2, 0.25) is 0 Å². The average Bonchev–Trinajstić information content (AvgIpc) is 3.43. The maximum absolute atomic E-state index is 14.5. The highest BCUT2D eigenvalue weighted by Gasteiger charge is 2.47. The van der Waals surface area contributed by atoms with Crippen molar-refractivity contribution in [1.29, 1.82) is 0 Å². The third-order valence-electron chi connectivity index (χ3n) is 6.54. The van der Waals surface area contributed by atoms with E-state index < -0.39 is 17.7 Å². The Hall–Kier alpha value is -3.96. The first-order chi connectivity index (χ1) is 18.5. The van der Waals surface area contributed by atoms with Crippen LogP contribution in [-0.2, 0) is 14.3 Å². The molecular weight excluding hydrogens is 514 g/mol. The number of aromatic nitrogens is 2. The summed E-state index contributed by atoms with van der Waals surface area (Å²) >= 11 is 0. The minimum absolute atomic E-state index is 0.0130. The fourth-order valence-corrected chi connectivity index (χ4v) is 4.98. The number of fused-ring (bicyclic) bond motifs is 3. The molecule has 4 heterocycles. The molecule has 208 valence electrons. The van der Waals surface area contributed by atoms with Crippen molar-refractivity contribution in [3.8, 4) is 17.0 Å². The van der Waals surface area contributed by atoms with Crippen LogP contribution in [0.1, 0.15) is 40.5 Å². The summed E-state index contributed by atoms with van der Waals surface area (Å²) in [5.74, 6) is -2.14. The molecule has 2 saturated heterocycles. The highest BCUT2D eigenvalue weighted by molar-refractivity contribution is 5.94. The number of piperazine rings is 1. The van der Waals surface area contributed by atoms with E-state index in [9.17, 15) is 18.4 Å². The Balaban J connectivity index is 1.49. The van der Waals surface area contributed by atoms with Gasteiger partial charge in [0.05, 0.1) is 24.4 Å². The van der Waals surface area contributed by atoms with Gasteiger partial charge in [-0.15, -0.1) is 0 Å². The lowest BCUT2D eigenvalue weighted by molar-refractivity contribution is -0.216. The number of carbonyl (C=O) groups is 2. The predicted molar refractivity (Wildman–Crippen MR) is 137 cm³/mol. The summed E-state index contributed by atoms with van der Waals surface area (Å²) in [5, 5.41) is 0. The molecule has 2 bridgehead atoms. The standard InChI is InChI=1S/C27H30F2N4O6/c1-5-36-23(34)27(28,29)38-20-12-11-18(19-8-6-7-13-30-19)22-21(20)31-24(37-22)32-14-16-9-10-17(15-32)33(16)25(35)39-26(2,3)4/h6-8,11-13,16-17H,5,9-10,14-15H2,1-4H3. The highest BCUT2D eigenvalue weighted by Crippen LogP contribution is 2.40. The van der Waals surface area contributed by atoms with E-state index in [1.165, 1.54) is 19.1 Å². The molecule has 3 aromatic rings. The number of rotatable bonds is 6. The molecule has 0 aliphatic carbocycles. The maximum atomic E-state index is 14.5. The molecule has 0 spiro atoms. The predicted octanol–water partition coefficient (Wildman–Crippen LogP) is 5.01. The molecule has 1 amide bonds. The number of hydrogen-bond acceptors (Lipinski definition) is 9. The molecule has 2 aliphatic rings. The summed E-state index contributed by atoms with van der Waals surface area (Å²) in [7, 11) is 0. The van der Waals surface area contributed by atoms with Crippen LogP contribution in [-0.4, -0.2) is 70.4 Å². The average molecular weight is 545 g/mol. The number of nitrogens with zero attached hydrogens (tertiary/aromatic N) is 4. The zero-order valence-electron chi connectivity index (χ0n) is 22.1. The smallest absolute Gasteiger partial charge is 0.459 e. The number of alkyl halides is 2. The second-order valence-corrected chi connectivity index (χ2v) is 10.5. The lowest BCUT2D eigenvalue weighted by Crippen LogP contribution is -2.56. The first-order valence-electron chi connectivity index (χ1n) is 12.8. The lowest BCUT2D eigenvalue weighted by Gasteiger charge is -2.40. The molecule has 1 aromatic carbocycles. The van der Waals surface area contributed by atoms with Gasteiger partial charge in [-0.05, 0) is 64.8 Å². The first-order valence-corrected chi connectivity index (χ1v) is 12.8. The van der Waals surface area contributed by atoms with Crippen molar-refractivity contribution in [3.05, 3.63) is 36.5 Å². The Labute approximate surface area is 223 Å². The number of esters is 1. The van der Waals surface area contributed by atoms with Crippen LogP contribution in [0, 0.1) is 0 Å². The van der Waals surface area contributed by atoms with Gasteiger partial charge in [-0.3, -0.25) is 9.88 Å². The Morgan fingerprint density at radius 2 is 1.82 bits per heavy atom. The SMILES string of the molecule is CCOC(=O)C(F)(F)Oc1ccc(-c2ccccn2)c2oc(N3CC4CCC(C3)N4C(=O)OC(C)(C)C)nc12. The van der Waals surface area contributed by atoms with Crippen LogP contribution < -0.4 is 9.64 Å². The van der Waals surface area contributed by atoms with E-state index in [0.29, 0.717) is 24.3 Å². The topological polar surface area (TPSA) is 107 Å². The van der Waals surface area contributed by atoms with E-state index >= 15 is 0 Å². The maximum Gasteiger partial charge on any atom is 0.502 e.